The van der Waals surface area contributed by atoms with Gasteiger partial charge in [0.25, 0.3) is 0 Å². The molecule has 0 atom stereocenters. The Hall–Kier alpha value is -1.90. The Morgan fingerprint density at radius 1 is 1.14 bits per heavy atom. The van der Waals surface area contributed by atoms with Crippen LogP contribution in [-0.4, -0.2) is 9.67 Å². The maximum Gasteiger partial charge on any atom is 0.199 e. The third kappa shape index (κ3) is 1.57. The summed E-state index contributed by atoms with van der Waals surface area (Å²) in [6, 6.07) is 10.6. The van der Waals surface area contributed by atoms with Crippen LogP contribution in [0.2, 0.25) is 0 Å². The van der Waals surface area contributed by atoms with Gasteiger partial charge >= 0.3 is 0 Å². The van der Waals surface area contributed by atoms with Crippen molar-refractivity contribution in [3.8, 4) is 17.4 Å². The highest BCUT2D eigenvalue weighted by atomic mass is 16.5. The Balaban J connectivity index is 2.28. The van der Waals surface area contributed by atoms with Crippen molar-refractivity contribution in [2.75, 3.05) is 0 Å². The number of para-hydroxylation sites is 2. The lowest BCUT2D eigenvalue weighted by atomic mass is 10.3. The fourth-order valence-electron chi connectivity index (χ4n) is 1.21. The average molecular weight is 189 g/mol. The van der Waals surface area contributed by atoms with Crippen molar-refractivity contribution in [1.82, 2.24) is 4.57 Å². The van der Waals surface area contributed by atoms with Gasteiger partial charge in [0.1, 0.15) is 0 Å². The van der Waals surface area contributed by atoms with Crippen molar-refractivity contribution in [3.63, 3.8) is 0 Å². The van der Waals surface area contributed by atoms with Gasteiger partial charge in [-0.25, -0.2) is 0 Å². The number of rotatable bonds is 2. The molecule has 3 nitrogen and oxygen atoms in total. The second-order valence-corrected chi connectivity index (χ2v) is 3.03. The summed E-state index contributed by atoms with van der Waals surface area (Å²) in [4.78, 5) is 0. The molecule has 0 aliphatic carbocycles. The molecular weight excluding hydrogens is 178 g/mol. The lowest BCUT2D eigenvalue weighted by Crippen LogP contribution is -1.91. The number of phenols is 1. The molecule has 2 rings (SSSR count). The summed E-state index contributed by atoms with van der Waals surface area (Å²) >= 11 is 0. The minimum absolute atomic E-state index is 0.147. The fourth-order valence-corrected chi connectivity index (χ4v) is 1.21. The zero-order valence-electron chi connectivity index (χ0n) is 7.84. The summed E-state index contributed by atoms with van der Waals surface area (Å²) in [6.45, 7) is 0. The van der Waals surface area contributed by atoms with E-state index in [1.165, 1.54) is 0 Å². The third-order valence-electron chi connectivity index (χ3n) is 1.98. The largest absolute Gasteiger partial charge is 0.504 e. The molecular formula is C11H11NO2. The summed E-state index contributed by atoms with van der Waals surface area (Å²) in [5, 5.41) is 9.47. The molecule has 1 aromatic heterocycles. The molecule has 0 saturated carbocycles. The standard InChI is InChI=1S/C11H11NO2/c1-12-8-4-7-11(12)14-10-6-3-2-5-9(10)13/h2-8,13H,1H3. The smallest absolute Gasteiger partial charge is 0.199 e. The van der Waals surface area contributed by atoms with E-state index in [2.05, 4.69) is 0 Å². The van der Waals surface area contributed by atoms with Gasteiger partial charge in [-0.2, -0.15) is 0 Å². The Kier molecular flexibility index (Phi) is 2.14. The van der Waals surface area contributed by atoms with Crippen molar-refractivity contribution in [2.45, 2.75) is 0 Å². The van der Waals surface area contributed by atoms with Gasteiger partial charge in [0.05, 0.1) is 0 Å². The van der Waals surface area contributed by atoms with Crippen LogP contribution in [0.3, 0.4) is 0 Å². The molecule has 0 radical (unpaired) electrons. The van der Waals surface area contributed by atoms with Gasteiger partial charge in [-0.3, -0.25) is 0 Å². The summed E-state index contributed by atoms with van der Waals surface area (Å²) in [7, 11) is 1.88. The van der Waals surface area contributed by atoms with E-state index in [9.17, 15) is 5.11 Å². The predicted octanol–water partition coefficient (Wildman–Crippen LogP) is 2.52. The van der Waals surface area contributed by atoms with E-state index in [-0.39, 0.29) is 5.75 Å². The molecule has 0 aliphatic heterocycles. The molecule has 0 bridgehead atoms. The lowest BCUT2D eigenvalue weighted by Gasteiger charge is -2.07. The molecule has 14 heavy (non-hydrogen) atoms. The Morgan fingerprint density at radius 3 is 2.57 bits per heavy atom. The first-order valence-electron chi connectivity index (χ1n) is 4.34. The third-order valence-corrected chi connectivity index (χ3v) is 1.98. The van der Waals surface area contributed by atoms with Gasteiger partial charge < -0.3 is 14.4 Å². The molecule has 72 valence electrons. The van der Waals surface area contributed by atoms with Crippen molar-refractivity contribution < 1.29 is 9.84 Å². The molecule has 0 fully saturated rings. The lowest BCUT2D eigenvalue weighted by molar-refractivity contribution is 0.393. The second kappa shape index (κ2) is 3.46. The van der Waals surface area contributed by atoms with Crippen LogP contribution in [0.25, 0.3) is 0 Å². The number of hydrogen-bond donors (Lipinski definition) is 1. The molecule has 2 aromatic rings. The second-order valence-electron chi connectivity index (χ2n) is 3.03. The number of aromatic nitrogens is 1. The number of nitrogens with zero attached hydrogens (tertiary/aromatic N) is 1. The van der Waals surface area contributed by atoms with Crippen LogP contribution >= 0.6 is 0 Å². The highest BCUT2D eigenvalue weighted by molar-refractivity contribution is 5.40. The van der Waals surface area contributed by atoms with Crippen LogP contribution in [0.5, 0.6) is 17.4 Å². The SMILES string of the molecule is Cn1cccc1Oc1ccccc1O. The monoisotopic (exact) mass is 189 g/mol. The van der Waals surface area contributed by atoms with E-state index in [0.29, 0.717) is 11.6 Å². The zero-order chi connectivity index (χ0) is 9.97. The quantitative estimate of drug-likeness (QED) is 0.787. The van der Waals surface area contributed by atoms with E-state index in [1.54, 1.807) is 18.2 Å². The minimum Gasteiger partial charge on any atom is -0.504 e. The molecule has 0 saturated heterocycles. The highest BCUT2D eigenvalue weighted by Crippen LogP contribution is 2.29. The Bertz CT molecular complexity index is 434. The van der Waals surface area contributed by atoms with Crippen LogP contribution in [0.15, 0.2) is 42.6 Å². The molecule has 0 spiro atoms. The van der Waals surface area contributed by atoms with Gasteiger partial charge in [0.2, 0.25) is 0 Å². The van der Waals surface area contributed by atoms with E-state index >= 15 is 0 Å². The maximum absolute atomic E-state index is 9.47. The Labute approximate surface area is 82.2 Å². The molecule has 0 unspecified atom stereocenters. The fraction of sp³-hybridized carbons (Fsp3) is 0.0909. The van der Waals surface area contributed by atoms with Gasteiger partial charge in [0, 0.05) is 19.3 Å². The van der Waals surface area contributed by atoms with E-state index in [0.717, 1.165) is 0 Å². The first kappa shape index (κ1) is 8.69. The zero-order valence-corrected chi connectivity index (χ0v) is 7.84. The van der Waals surface area contributed by atoms with Gasteiger partial charge in [-0.05, 0) is 18.2 Å². The van der Waals surface area contributed by atoms with Crippen molar-refractivity contribution in [1.29, 1.82) is 0 Å². The highest BCUT2D eigenvalue weighted by Gasteiger charge is 2.03. The average Bonchev–Trinajstić information content (AvgIpc) is 2.56. The van der Waals surface area contributed by atoms with Crippen molar-refractivity contribution in [3.05, 3.63) is 42.6 Å². The van der Waals surface area contributed by atoms with Crippen LogP contribution in [-0.2, 0) is 7.05 Å². The van der Waals surface area contributed by atoms with Crippen molar-refractivity contribution in [2.24, 2.45) is 7.05 Å². The topological polar surface area (TPSA) is 34.4 Å². The molecule has 1 aromatic carbocycles. The minimum atomic E-state index is 0.147. The summed E-state index contributed by atoms with van der Waals surface area (Å²) in [6.07, 6.45) is 1.88. The summed E-state index contributed by atoms with van der Waals surface area (Å²) in [5.74, 6) is 1.31. The first-order valence-corrected chi connectivity index (χ1v) is 4.34. The molecule has 0 amide bonds. The first-order chi connectivity index (χ1) is 6.77. The number of hydrogen-bond acceptors (Lipinski definition) is 2. The number of phenolic OH excluding ortho intramolecular Hbond substituents is 1. The van der Waals surface area contributed by atoms with E-state index in [1.807, 2.05) is 36.0 Å². The summed E-state index contributed by atoms with van der Waals surface area (Å²) in [5.41, 5.74) is 0. The van der Waals surface area contributed by atoms with Gasteiger partial charge in [0.15, 0.2) is 17.4 Å². The predicted molar refractivity (Wildman–Crippen MR) is 53.6 cm³/mol. The van der Waals surface area contributed by atoms with Crippen LogP contribution in [0.4, 0.5) is 0 Å². The number of ether oxygens (including phenoxy) is 1. The van der Waals surface area contributed by atoms with Crippen LogP contribution in [0.1, 0.15) is 0 Å². The molecule has 1 heterocycles. The Morgan fingerprint density at radius 2 is 1.93 bits per heavy atom. The number of aromatic hydroxyl groups is 1. The van der Waals surface area contributed by atoms with Gasteiger partial charge in [-0.15, -0.1) is 0 Å². The summed E-state index contributed by atoms with van der Waals surface area (Å²) < 4.78 is 7.33. The van der Waals surface area contributed by atoms with Crippen LogP contribution < -0.4 is 4.74 Å². The van der Waals surface area contributed by atoms with E-state index < -0.39 is 0 Å². The van der Waals surface area contributed by atoms with Crippen molar-refractivity contribution >= 4 is 0 Å². The number of aryl methyl sites for hydroxylation is 1. The van der Waals surface area contributed by atoms with E-state index in [4.69, 9.17) is 4.74 Å². The number of benzene rings is 1. The normalized spacial score (nSPS) is 10.1. The van der Waals surface area contributed by atoms with Crippen LogP contribution in [0, 0.1) is 0 Å². The molecule has 0 aliphatic rings. The van der Waals surface area contributed by atoms with Gasteiger partial charge in [-0.1, -0.05) is 12.1 Å². The molecule has 3 heteroatoms. The maximum atomic E-state index is 9.47. The molecule has 1 N–H and O–H groups in total.